The summed E-state index contributed by atoms with van der Waals surface area (Å²) in [5.74, 6) is 0.236. The van der Waals surface area contributed by atoms with Gasteiger partial charge in [0.1, 0.15) is 12.3 Å². The quantitative estimate of drug-likeness (QED) is 0.853. The van der Waals surface area contributed by atoms with E-state index in [1.54, 1.807) is 26.2 Å². The third-order valence-electron chi connectivity index (χ3n) is 4.26. The van der Waals surface area contributed by atoms with Crippen LogP contribution in [-0.2, 0) is 11.3 Å². The minimum Gasteiger partial charge on any atom is -0.490 e. The molecule has 0 aliphatic heterocycles. The van der Waals surface area contributed by atoms with Gasteiger partial charge in [-0.05, 0) is 37.8 Å². The normalized spacial score (nSPS) is 14.2. The minimum atomic E-state index is -0.383. The van der Waals surface area contributed by atoms with Crippen molar-refractivity contribution in [3.8, 4) is 5.75 Å². The van der Waals surface area contributed by atoms with Crippen LogP contribution in [0.1, 0.15) is 36.2 Å². The second-order valence-corrected chi connectivity index (χ2v) is 6.60. The number of hydrogen-bond donors (Lipinski definition) is 1. The van der Waals surface area contributed by atoms with Gasteiger partial charge in [0, 0.05) is 25.8 Å². The summed E-state index contributed by atoms with van der Waals surface area (Å²) >= 11 is 0. The van der Waals surface area contributed by atoms with Crippen LogP contribution in [0.25, 0.3) is 0 Å². The van der Waals surface area contributed by atoms with E-state index in [0.717, 1.165) is 18.6 Å². The molecule has 0 unspecified atom stereocenters. The molecule has 3 rings (SSSR count). The van der Waals surface area contributed by atoms with Crippen molar-refractivity contribution in [2.75, 3.05) is 19.4 Å². The van der Waals surface area contributed by atoms with Crippen LogP contribution in [0.3, 0.4) is 0 Å². The number of benzene rings is 1. The molecule has 1 aliphatic carbocycles. The Bertz CT molecular complexity index is 781. The molecule has 1 aliphatic rings. The summed E-state index contributed by atoms with van der Waals surface area (Å²) in [5.41, 5.74) is 0.781. The highest BCUT2D eigenvalue weighted by atomic mass is 16.5. The van der Waals surface area contributed by atoms with Gasteiger partial charge >= 0.3 is 0 Å². The first-order chi connectivity index (χ1) is 12.5. The fraction of sp³-hybridized carbons (Fsp3) is 0.444. The Kier molecular flexibility index (Phi) is 5.50. The molecular weight excluding hydrogens is 334 g/mol. The molecule has 0 atom stereocenters. The monoisotopic (exact) mass is 357 g/mol. The number of anilines is 1. The van der Waals surface area contributed by atoms with E-state index in [1.807, 2.05) is 12.1 Å². The average molecular weight is 357 g/mol. The Hall–Kier alpha value is -2.90. The first kappa shape index (κ1) is 17.9. The van der Waals surface area contributed by atoms with E-state index in [1.165, 1.54) is 28.6 Å². The van der Waals surface area contributed by atoms with Gasteiger partial charge in [-0.3, -0.25) is 9.59 Å². The van der Waals surface area contributed by atoms with Crippen molar-refractivity contribution in [3.63, 3.8) is 0 Å². The first-order valence-electron chi connectivity index (χ1n) is 8.69. The van der Waals surface area contributed by atoms with Gasteiger partial charge in [-0.25, -0.2) is 4.68 Å². The van der Waals surface area contributed by atoms with Crippen molar-refractivity contribution in [2.24, 2.45) is 0 Å². The number of ether oxygens (including phenoxy) is 1. The maximum atomic E-state index is 12.3. The Labute approximate surface area is 152 Å². The maximum absolute atomic E-state index is 12.3. The highest BCUT2D eigenvalue weighted by molar-refractivity contribution is 6.02. The fourth-order valence-electron chi connectivity index (χ4n) is 2.80. The minimum absolute atomic E-state index is 0.0397. The van der Waals surface area contributed by atoms with E-state index >= 15 is 0 Å². The highest BCUT2D eigenvalue weighted by Crippen LogP contribution is 2.25. The molecule has 8 nitrogen and oxygen atoms in total. The Balaban J connectivity index is 1.61. The molecule has 1 N–H and O–H groups in total. The molecule has 0 spiro atoms. The van der Waals surface area contributed by atoms with E-state index in [0.29, 0.717) is 5.69 Å². The van der Waals surface area contributed by atoms with Crippen molar-refractivity contribution in [2.45, 2.75) is 38.3 Å². The lowest BCUT2D eigenvalue weighted by molar-refractivity contribution is -0.129. The van der Waals surface area contributed by atoms with Crippen LogP contribution >= 0.6 is 0 Å². The van der Waals surface area contributed by atoms with Crippen LogP contribution in [0.15, 0.2) is 30.5 Å². The molecule has 0 radical (unpaired) electrons. The molecule has 8 heteroatoms. The van der Waals surface area contributed by atoms with Crippen LogP contribution in [0, 0.1) is 0 Å². The number of aromatic nitrogens is 3. The van der Waals surface area contributed by atoms with Crippen molar-refractivity contribution in [1.82, 2.24) is 19.9 Å². The topological polar surface area (TPSA) is 89.4 Å². The molecule has 1 fully saturated rings. The van der Waals surface area contributed by atoms with E-state index in [-0.39, 0.29) is 30.2 Å². The zero-order chi connectivity index (χ0) is 18.5. The zero-order valence-electron chi connectivity index (χ0n) is 15.0. The molecule has 0 bridgehead atoms. The number of likely N-dealkylation sites (N-methyl/N-ethyl adjacent to an activating group) is 1. The summed E-state index contributed by atoms with van der Waals surface area (Å²) in [7, 11) is 3.32. The largest absolute Gasteiger partial charge is 0.490 e. The Morgan fingerprint density at radius 2 is 2.08 bits per heavy atom. The molecule has 1 heterocycles. The van der Waals surface area contributed by atoms with E-state index in [4.69, 9.17) is 4.74 Å². The average Bonchev–Trinajstić information content (AvgIpc) is 3.27. The molecule has 2 aromatic rings. The molecule has 1 aromatic heterocycles. The molecule has 2 amide bonds. The number of amides is 2. The summed E-state index contributed by atoms with van der Waals surface area (Å²) < 4.78 is 7.29. The third kappa shape index (κ3) is 4.59. The third-order valence-corrected chi connectivity index (χ3v) is 4.26. The Morgan fingerprint density at radius 3 is 2.81 bits per heavy atom. The van der Waals surface area contributed by atoms with Gasteiger partial charge in [-0.1, -0.05) is 11.3 Å². The standard InChI is InChI=1S/C18H23N5O3/c1-22(2)17(24)12-23-11-16(20-21-23)18(25)19-13-6-5-9-15(10-13)26-14-7-3-4-8-14/h5-6,9-11,14H,3-4,7-8,12H2,1-2H3,(H,19,25). The molecular formula is C18H23N5O3. The van der Waals surface area contributed by atoms with Crippen LogP contribution in [0.4, 0.5) is 5.69 Å². The van der Waals surface area contributed by atoms with Crippen molar-refractivity contribution in [3.05, 3.63) is 36.2 Å². The van der Waals surface area contributed by atoms with Crippen molar-refractivity contribution in [1.29, 1.82) is 0 Å². The van der Waals surface area contributed by atoms with Gasteiger partial charge in [0.2, 0.25) is 5.91 Å². The number of rotatable bonds is 6. The highest BCUT2D eigenvalue weighted by Gasteiger charge is 2.17. The lowest BCUT2D eigenvalue weighted by Gasteiger charge is -2.13. The van der Waals surface area contributed by atoms with Gasteiger partial charge in [-0.2, -0.15) is 0 Å². The number of hydrogen-bond acceptors (Lipinski definition) is 5. The number of carbonyl (C=O) groups excluding carboxylic acids is 2. The predicted octanol–water partition coefficient (Wildman–Crippen LogP) is 1.94. The second-order valence-electron chi connectivity index (χ2n) is 6.60. The summed E-state index contributed by atoms with van der Waals surface area (Å²) in [6.07, 6.45) is 6.27. The lowest BCUT2D eigenvalue weighted by Crippen LogP contribution is -2.26. The van der Waals surface area contributed by atoms with Crippen LogP contribution in [0.5, 0.6) is 5.75 Å². The van der Waals surface area contributed by atoms with E-state index < -0.39 is 0 Å². The number of nitrogens with one attached hydrogen (secondary N) is 1. The second kappa shape index (κ2) is 7.99. The fourth-order valence-corrected chi connectivity index (χ4v) is 2.80. The molecule has 1 saturated carbocycles. The van der Waals surface area contributed by atoms with Crippen LogP contribution in [-0.4, -0.2) is 51.9 Å². The van der Waals surface area contributed by atoms with Gasteiger partial charge in [0.05, 0.1) is 12.3 Å². The van der Waals surface area contributed by atoms with Crippen LogP contribution in [0.2, 0.25) is 0 Å². The molecule has 0 saturated heterocycles. The summed E-state index contributed by atoms with van der Waals surface area (Å²) in [5, 5.41) is 10.4. The van der Waals surface area contributed by atoms with E-state index in [2.05, 4.69) is 15.6 Å². The SMILES string of the molecule is CN(C)C(=O)Cn1cc(C(=O)Nc2cccc(OC3CCCC3)c2)nn1. The first-order valence-corrected chi connectivity index (χ1v) is 8.69. The molecule has 138 valence electrons. The predicted molar refractivity (Wildman–Crippen MR) is 96.0 cm³/mol. The summed E-state index contributed by atoms with van der Waals surface area (Å²) in [6, 6.07) is 7.32. The summed E-state index contributed by atoms with van der Waals surface area (Å²) in [4.78, 5) is 25.5. The van der Waals surface area contributed by atoms with Gasteiger partial charge in [0.25, 0.3) is 5.91 Å². The van der Waals surface area contributed by atoms with Gasteiger partial charge in [0.15, 0.2) is 5.69 Å². The number of carbonyl (C=O) groups is 2. The smallest absolute Gasteiger partial charge is 0.277 e. The van der Waals surface area contributed by atoms with Crippen molar-refractivity contribution < 1.29 is 14.3 Å². The summed E-state index contributed by atoms with van der Waals surface area (Å²) in [6.45, 7) is 0.0397. The van der Waals surface area contributed by atoms with Crippen LogP contribution < -0.4 is 10.1 Å². The molecule has 26 heavy (non-hydrogen) atoms. The number of nitrogens with zero attached hydrogens (tertiary/aromatic N) is 4. The zero-order valence-corrected chi connectivity index (χ0v) is 15.0. The molecule has 1 aromatic carbocycles. The maximum Gasteiger partial charge on any atom is 0.277 e. The van der Waals surface area contributed by atoms with E-state index in [9.17, 15) is 9.59 Å². The lowest BCUT2D eigenvalue weighted by atomic mass is 10.2. The van der Waals surface area contributed by atoms with Crippen molar-refractivity contribution >= 4 is 17.5 Å². The van der Waals surface area contributed by atoms with Gasteiger partial charge < -0.3 is 15.0 Å². The van der Waals surface area contributed by atoms with Gasteiger partial charge in [-0.15, -0.1) is 5.10 Å². The Morgan fingerprint density at radius 1 is 1.31 bits per heavy atom.